The smallest absolute Gasteiger partial charge is 0.328 e. The van der Waals surface area contributed by atoms with E-state index in [0.29, 0.717) is 6.42 Å². The number of aliphatic hydroxyl groups excluding tert-OH is 1. The van der Waals surface area contributed by atoms with Crippen molar-refractivity contribution in [2.45, 2.75) is 63.6 Å². The number of carbonyl (C=O) groups is 2. The standard InChI is InChI=1S/C12H22N2O4/c1-12(2,10(16)17)14-11(18)13-8-6-4-3-5-7-9(8)15/h8-9,15H,3-7H2,1-2H3,(H,16,17)(H2,13,14,18). The fraction of sp³-hybridized carbons (Fsp3) is 0.833. The molecule has 2 amide bonds. The van der Waals surface area contributed by atoms with E-state index in [1.54, 1.807) is 0 Å². The molecule has 1 fully saturated rings. The van der Waals surface area contributed by atoms with Gasteiger partial charge in [-0.2, -0.15) is 0 Å². The molecule has 0 aromatic rings. The van der Waals surface area contributed by atoms with Crippen LogP contribution >= 0.6 is 0 Å². The maximum absolute atomic E-state index is 11.7. The van der Waals surface area contributed by atoms with Gasteiger partial charge in [-0.25, -0.2) is 9.59 Å². The molecule has 0 saturated heterocycles. The Balaban J connectivity index is 2.50. The largest absolute Gasteiger partial charge is 0.480 e. The van der Waals surface area contributed by atoms with Crippen molar-refractivity contribution in [1.82, 2.24) is 10.6 Å². The Kier molecular flexibility index (Phi) is 4.95. The first-order chi connectivity index (χ1) is 8.33. The lowest BCUT2D eigenvalue weighted by Crippen LogP contribution is -2.56. The number of aliphatic hydroxyl groups is 1. The van der Waals surface area contributed by atoms with Gasteiger partial charge in [-0.15, -0.1) is 0 Å². The lowest BCUT2D eigenvalue weighted by molar-refractivity contribution is -0.142. The first-order valence-electron chi connectivity index (χ1n) is 6.33. The number of hydrogen-bond acceptors (Lipinski definition) is 3. The molecule has 0 aromatic carbocycles. The van der Waals surface area contributed by atoms with Crippen molar-refractivity contribution >= 4 is 12.0 Å². The highest BCUT2D eigenvalue weighted by Gasteiger charge is 2.30. The van der Waals surface area contributed by atoms with Gasteiger partial charge in [0.2, 0.25) is 0 Å². The summed E-state index contributed by atoms with van der Waals surface area (Å²) in [7, 11) is 0. The molecule has 4 N–H and O–H groups in total. The molecule has 0 aliphatic heterocycles. The summed E-state index contributed by atoms with van der Waals surface area (Å²) in [4.78, 5) is 22.6. The van der Waals surface area contributed by atoms with Gasteiger partial charge in [-0.1, -0.05) is 19.3 Å². The fourth-order valence-corrected chi connectivity index (χ4v) is 2.00. The van der Waals surface area contributed by atoms with Crippen LogP contribution in [0.5, 0.6) is 0 Å². The molecule has 6 nitrogen and oxygen atoms in total. The molecule has 2 unspecified atom stereocenters. The van der Waals surface area contributed by atoms with Gasteiger partial charge in [0.1, 0.15) is 5.54 Å². The second-order valence-corrected chi connectivity index (χ2v) is 5.34. The van der Waals surface area contributed by atoms with Crippen molar-refractivity contribution < 1.29 is 19.8 Å². The fourth-order valence-electron chi connectivity index (χ4n) is 2.00. The summed E-state index contributed by atoms with van der Waals surface area (Å²) >= 11 is 0. The molecule has 1 aliphatic rings. The van der Waals surface area contributed by atoms with Crippen molar-refractivity contribution in [3.63, 3.8) is 0 Å². The molecule has 18 heavy (non-hydrogen) atoms. The Hall–Kier alpha value is -1.30. The summed E-state index contributed by atoms with van der Waals surface area (Å²) in [6.07, 6.45) is 3.82. The molecule has 1 aliphatic carbocycles. The van der Waals surface area contributed by atoms with Crippen molar-refractivity contribution in [2.75, 3.05) is 0 Å². The number of carboxylic acids is 1. The predicted molar refractivity (Wildman–Crippen MR) is 66.3 cm³/mol. The van der Waals surface area contributed by atoms with Gasteiger partial charge in [0.15, 0.2) is 0 Å². The van der Waals surface area contributed by atoms with Crippen LogP contribution in [0.3, 0.4) is 0 Å². The maximum atomic E-state index is 11.7. The molecule has 1 rings (SSSR count). The molecule has 0 radical (unpaired) electrons. The highest BCUT2D eigenvalue weighted by atomic mass is 16.4. The maximum Gasteiger partial charge on any atom is 0.328 e. The van der Waals surface area contributed by atoms with Crippen LogP contribution in [0.25, 0.3) is 0 Å². The first-order valence-corrected chi connectivity index (χ1v) is 6.33. The highest BCUT2D eigenvalue weighted by molar-refractivity contribution is 5.85. The summed E-state index contributed by atoms with van der Waals surface area (Å²) in [6.45, 7) is 2.83. The molecular weight excluding hydrogens is 236 g/mol. The number of rotatable bonds is 3. The van der Waals surface area contributed by atoms with Crippen LogP contribution in [0.4, 0.5) is 4.79 Å². The predicted octanol–water partition coefficient (Wildman–Crippen LogP) is 0.842. The topological polar surface area (TPSA) is 98.7 Å². The molecular formula is C12H22N2O4. The molecule has 0 heterocycles. The second kappa shape index (κ2) is 6.04. The van der Waals surface area contributed by atoms with E-state index in [9.17, 15) is 14.7 Å². The van der Waals surface area contributed by atoms with Gasteiger partial charge < -0.3 is 20.8 Å². The average molecular weight is 258 g/mol. The van der Waals surface area contributed by atoms with E-state index in [1.807, 2.05) is 0 Å². The van der Waals surface area contributed by atoms with E-state index in [4.69, 9.17) is 5.11 Å². The van der Waals surface area contributed by atoms with E-state index in [0.717, 1.165) is 25.7 Å². The number of nitrogens with one attached hydrogen (secondary N) is 2. The normalized spacial score (nSPS) is 25.1. The molecule has 0 aromatic heterocycles. The summed E-state index contributed by atoms with van der Waals surface area (Å²) in [5.74, 6) is -1.10. The van der Waals surface area contributed by atoms with E-state index in [-0.39, 0.29) is 6.04 Å². The summed E-state index contributed by atoms with van der Waals surface area (Å²) in [5.41, 5.74) is -1.32. The third-order valence-corrected chi connectivity index (χ3v) is 3.26. The van der Waals surface area contributed by atoms with E-state index in [2.05, 4.69) is 10.6 Å². The van der Waals surface area contributed by atoms with Gasteiger partial charge in [0.05, 0.1) is 12.1 Å². The van der Waals surface area contributed by atoms with Crippen LogP contribution in [-0.2, 0) is 4.79 Å². The highest BCUT2D eigenvalue weighted by Crippen LogP contribution is 2.18. The van der Waals surface area contributed by atoms with Crippen LogP contribution < -0.4 is 10.6 Å². The van der Waals surface area contributed by atoms with Crippen molar-refractivity contribution in [3.05, 3.63) is 0 Å². The number of urea groups is 1. The second-order valence-electron chi connectivity index (χ2n) is 5.34. The Morgan fingerprint density at radius 3 is 2.39 bits per heavy atom. The van der Waals surface area contributed by atoms with Crippen LogP contribution in [0.2, 0.25) is 0 Å². The van der Waals surface area contributed by atoms with Crippen LogP contribution in [-0.4, -0.2) is 39.9 Å². The van der Waals surface area contributed by atoms with Gasteiger partial charge in [-0.05, 0) is 26.7 Å². The van der Waals surface area contributed by atoms with Gasteiger partial charge in [-0.3, -0.25) is 0 Å². The van der Waals surface area contributed by atoms with Gasteiger partial charge in [0, 0.05) is 0 Å². The zero-order valence-electron chi connectivity index (χ0n) is 10.9. The summed E-state index contributed by atoms with van der Waals surface area (Å²) in [5, 5.41) is 23.8. The average Bonchev–Trinajstić information content (AvgIpc) is 2.43. The SMILES string of the molecule is CC(C)(NC(=O)NC1CCCCCC1O)C(=O)O. The third kappa shape index (κ3) is 4.18. The quantitative estimate of drug-likeness (QED) is 0.564. The van der Waals surface area contributed by atoms with Crippen LogP contribution in [0, 0.1) is 0 Å². The molecule has 1 saturated carbocycles. The Morgan fingerprint density at radius 1 is 1.17 bits per heavy atom. The number of carboxylic acid groups (broad SMARTS) is 1. The number of amides is 2. The Bertz CT molecular complexity index is 317. The summed E-state index contributed by atoms with van der Waals surface area (Å²) < 4.78 is 0. The molecule has 6 heteroatoms. The Morgan fingerprint density at radius 2 is 1.78 bits per heavy atom. The third-order valence-electron chi connectivity index (χ3n) is 3.26. The number of hydrogen-bond donors (Lipinski definition) is 4. The van der Waals surface area contributed by atoms with Crippen LogP contribution in [0.15, 0.2) is 0 Å². The van der Waals surface area contributed by atoms with E-state index < -0.39 is 23.6 Å². The minimum Gasteiger partial charge on any atom is -0.480 e. The van der Waals surface area contributed by atoms with Crippen molar-refractivity contribution in [3.8, 4) is 0 Å². The minimum atomic E-state index is -1.32. The van der Waals surface area contributed by atoms with Gasteiger partial charge >= 0.3 is 12.0 Å². The molecule has 0 bridgehead atoms. The number of carbonyl (C=O) groups excluding carboxylic acids is 1. The lowest BCUT2D eigenvalue weighted by Gasteiger charge is -2.26. The van der Waals surface area contributed by atoms with Crippen LogP contribution in [0.1, 0.15) is 46.0 Å². The molecule has 2 atom stereocenters. The minimum absolute atomic E-state index is 0.294. The number of aliphatic carboxylic acids is 1. The monoisotopic (exact) mass is 258 g/mol. The van der Waals surface area contributed by atoms with E-state index in [1.165, 1.54) is 13.8 Å². The van der Waals surface area contributed by atoms with E-state index >= 15 is 0 Å². The zero-order valence-corrected chi connectivity index (χ0v) is 10.9. The van der Waals surface area contributed by atoms with Crippen molar-refractivity contribution in [1.29, 1.82) is 0 Å². The molecule has 0 spiro atoms. The Labute approximate surface area is 107 Å². The molecule has 104 valence electrons. The summed E-state index contributed by atoms with van der Waals surface area (Å²) in [6, 6.07) is -0.842. The first kappa shape index (κ1) is 14.8. The zero-order chi connectivity index (χ0) is 13.8. The lowest BCUT2D eigenvalue weighted by atomic mass is 10.1. The van der Waals surface area contributed by atoms with Crippen molar-refractivity contribution in [2.24, 2.45) is 0 Å². The van der Waals surface area contributed by atoms with Gasteiger partial charge in [0.25, 0.3) is 0 Å².